The van der Waals surface area contributed by atoms with Crippen LogP contribution in [0.5, 0.6) is 0 Å². The molecule has 0 spiro atoms. The SMILES string of the molecule is CC(C)(C)c1ccc(N(c2ccc(C(C)(C)C)cc2)c2ccc3c(c2)C2(C)CCCCC2(C)N3c2cc3c4c(c2)N(c2cccc(C(C)(C)C)c2)c2cc(C(C)(C)C)ccc2B4c2cc(-c4ccccc4)ccc2N3c2ccc(-c3ccccc3)cc2)cc1. The van der Waals surface area contributed by atoms with E-state index in [2.05, 4.69) is 341 Å². The van der Waals surface area contributed by atoms with Crippen LogP contribution in [0.15, 0.2) is 224 Å². The van der Waals surface area contributed by atoms with Crippen molar-refractivity contribution in [2.24, 2.45) is 0 Å². The van der Waals surface area contributed by atoms with Gasteiger partial charge in [0.05, 0.1) is 5.54 Å². The van der Waals surface area contributed by atoms with Crippen molar-refractivity contribution >= 4 is 85.7 Å². The van der Waals surface area contributed by atoms with Crippen LogP contribution in [0, 0.1) is 0 Å². The number of rotatable bonds is 8. The summed E-state index contributed by atoms with van der Waals surface area (Å²) in [6.07, 6.45) is 4.52. The Bertz CT molecular complexity index is 4270. The minimum absolute atomic E-state index is 0.0381. The Balaban J connectivity index is 1.04. The van der Waals surface area contributed by atoms with E-state index in [1.165, 1.54) is 125 Å². The average molecular weight is 1160 g/mol. The normalized spacial score (nSPS) is 17.8. The van der Waals surface area contributed by atoms with Crippen LogP contribution < -0.4 is 36.0 Å². The highest BCUT2D eigenvalue weighted by Crippen LogP contribution is 2.63. The highest BCUT2D eigenvalue weighted by molar-refractivity contribution is 7.00. The van der Waals surface area contributed by atoms with Crippen LogP contribution in [0.1, 0.15) is 150 Å². The Hall–Kier alpha value is -8.54. The van der Waals surface area contributed by atoms with Gasteiger partial charge in [0.15, 0.2) is 0 Å². The van der Waals surface area contributed by atoms with Crippen LogP contribution in [0.4, 0.5) is 62.6 Å². The highest BCUT2D eigenvalue weighted by Gasteiger charge is 2.58. The molecule has 5 heteroatoms. The first kappa shape index (κ1) is 58.2. The zero-order valence-corrected chi connectivity index (χ0v) is 55.1. The topological polar surface area (TPSA) is 13.0 Å². The lowest BCUT2D eigenvalue weighted by Gasteiger charge is -2.51. The third kappa shape index (κ3) is 9.81. The number of benzene rings is 10. The summed E-state index contributed by atoms with van der Waals surface area (Å²) in [6.45, 7) is 33.1. The summed E-state index contributed by atoms with van der Waals surface area (Å²) in [7, 11) is 0. The molecule has 1 saturated carbocycles. The minimum Gasteiger partial charge on any atom is -0.334 e. The Labute approximate surface area is 532 Å². The molecule has 2 atom stereocenters. The summed E-state index contributed by atoms with van der Waals surface area (Å²) in [5, 5.41) is 0. The van der Waals surface area contributed by atoms with Gasteiger partial charge >= 0.3 is 0 Å². The van der Waals surface area contributed by atoms with E-state index in [0.717, 1.165) is 29.9 Å². The van der Waals surface area contributed by atoms with Crippen molar-refractivity contribution in [2.45, 2.75) is 155 Å². The van der Waals surface area contributed by atoms with Gasteiger partial charge in [-0.15, -0.1) is 0 Å². The standard InChI is InChI=1S/C84H87BN4/c1-79(2,3)60-33-40-64(41-34-60)86(65-42-35-61(36-43-65)80(4,5)6)68-44-47-73-70(53-68)83(13)48-21-22-49-84(83,14)89(73)69-54-76-78-77(55-69)88(67-29-23-28-62(51-67)81(7,8)9)75-52-63(82(10,11)12)37-45-71(75)85(78)72-50-59(57-26-19-16-20-27-57)32-46-74(72)87(76)66-38-30-58(31-39-66)56-24-17-15-18-25-56/h15-20,23-47,50-55H,21-22,48-49H2,1-14H3. The molecule has 0 N–H and O–H groups in total. The van der Waals surface area contributed by atoms with Gasteiger partial charge in [0.1, 0.15) is 0 Å². The number of hydrogen-bond acceptors (Lipinski definition) is 4. The molecule has 10 aromatic rings. The monoisotopic (exact) mass is 1160 g/mol. The molecule has 10 aromatic carbocycles. The summed E-state index contributed by atoms with van der Waals surface area (Å²) >= 11 is 0. The second kappa shape index (κ2) is 21.0. The van der Waals surface area contributed by atoms with Crippen LogP contribution in [-0.2, 0) is 27.1 Å². The summed E-state index contributed by atoms with van der Waals surface area (Å²) < 4.78 is 0. The molecule has 0 aromatic heterocycles. The molecule has 4 aliphatic rings. The van der Waals surface area contributed by atoms with Crippen molar-refractivity contribution in [3.8, 4) is 22.3 Å². The van der Waals surface area contributed by atoms with Crippen molar-refractivity contribution in [1.29, 1.82) is 0 Å². The van der Waals surface area contributed by atoms with Gasteiger partial charge in [-0.25, -0.2) is 0 Å². The van der Waals surface area contributed by atoms with Gasteiger partial charge in [0.25, 0.3) is 6.71 Å². The first-order valence-corrected chi connectivity index (χ1v) is 32.7. The van der Waals surface area contributed by atoms with E-state index in [9.17, 15) is 0 Å². The first-order chi connectivity index (χ1) is 42.4. The van der Waals surface area contributed by atoms with E-state index in [4.69, 9.17) is 0 Å². The summed E-state index contributed by atoms with van der Waals surface area (Å²) in [6, 6.07) is 86.7. The van der Waals surface area contributed by atoms with Crippen molar-refractivity contribution in [3.63, 3.8) is 0 Å². The molecule has 446 valence electrons. The highest BCUT2D eigenvalue weighted by atomic mass is 15.3. The van der Waals surface area contributed by atoms with Crippen LogP contribution >= 0.6 is 0 Å². The second-order valence-corrected chi connectivity index (χ2v) is 30.7. The zero-order chi connectivity index (χ0) is 62.2. The minimum atomic E-state index is -0.262. The van der Waals surface area contributed by atoms with Crippen LogP contribution in [0.25, 0.3) is 22.3 Å². The lowest BCUT2D eigenvalue weighted by Crippen LogP contribution is -2.61. The van der Waals surface area contributed by atoms with Crippen molar-refractivity contribution in [3.05, 3.63) is 252 Å². The number of fused-ring (bicyclic) bond motifs is 7. The van der Waals surface area contributed by atoms with Crippen LogP contribution in [0.3, 0.4) is 0 Å². The number of hydrogen-bond donors (Lipinski definition) is 0. The maximum Gasteiger partial charge on any atom is 0.252 e. The third-order valence-electron chi connectivity index (χ3n) is 20.8. The van der Waals surface area contributed by atoms with Gasteiger partial charge in [-0.1, -0.05) is 236 Å². The predicted molar refractivity (Wildman–Crippen MR) is 384 cm³/mol. The van der Waals surface area contributed by atoms with Crippen molar-refractivity contribution in [1.82, 2.24) is 0 Å². The van der Waals surface area contributed by atoms with Crippen molar-refractivity contribution in [2.75, 3.05) is 19.6 Å². The molecule has 14 rings (SSSR count). The van der Waals surface area contributed by atoms with Gasteiger partial charge in [0.2, 0.25) is 0 Å². The lowest BCUT2D eigenvalue weighted by molar-refractivity contribution is 0.195. The summed E-state index contributed by atoms with van der Waals surface area (Å²) in [5.41, 5.74) is 28.2. The fraction of sp³-hybridized carbons (Fsp3) is 0.286. The fourth-order valence-corrected chi connectivity index (χ4v) is 15.4. The van der Waals surface area contributed by atoms with E-state index in [1.54, 1.807) is 0 Å². The molecule has 1 fully saturated rings. The third-order valence-corrected chi connectivity index (χ3v) is 20.8. The molecule has 4 nitrogen and oxygen atoms in total. The Morgan fingerprint density at radius 3 is 1.43 bits per heavy atom. The Kier molecular flexibility index (Phi) is 13.8. The molecule has 3 aliphatic heterocycles. The molecular formula is C84H87BN4. The summed E-state index contributed by atoms with van der Waals surface area (Å²) in [5.74, 6) is 0. The van der Waals surface area contributed by atoms with Crippen LogP contribution in [-0.4, -0.2) is 12.3 Å². The van der Waals surface area contributed by atoms with Gasteiger partial charge in [-0.05, 0) is 199 Å². The van der Waals surface area contributed by atoms with E-state index in [0.29, 0.717) is 0 Å². The largest absolute Gasteiger partial charge is 0.334 e. The van der Waals surface area contributed by atoms with Crippen LogP contribution in [0.2, 0.25) is 0 Å². The molecule has 2 unspecified atom stereocenters. The molecule has 0 radical (unpaired) electrons. The maximum atomic E-state index is 2.83. The van der Waals surface area contributed by atoms with Crippen molar-refractivity contribution < 1.29 is 0 Å². The Morgan fingerprint density at radius 1 is 0.348 bits per heavy atom. The maximum absolute atomic E-state index is 2.83. The fourth-order valence-electron chi connectivity index (χ4n) is 15.4. The molecule has 89 heavy (non-hydrogen) atoms. The lowest BCUT2D eigenvalue weighted by atomic mass is 9.33. The molecular weight excluding hydrogens is 1080 g/mol. The van der Waals surface area contributed by atoms with E-state index < -0.39 is 0 Å². The van der Waals surface area contributed by atoms with Gasteiger partial charge in [0, 0.05) is 68.0 Å². The molecule has 0 bridgehead atoms. The molecule has 1 aliphatic carbocycles. The average Bonchev–Trinajstić information content (AvgIpc) is 1.65. The predicted octanol–water partition coefficient (Wildman–Crippen LogP) is 21.5. The van der Waals surface area contributed by atoms with Gasteiger partial charge in [-0.3, -0.25) is 0 Å². The second-order valence-electron chi connectivity index (χ2n) is 30.7. The van der Waals surface area contributed by atoms with E-state index in [-0.39, 0.29) is 39.3 Å². The quantitative estimate of drug-likeness (QED) is 0.141. The molecule has 3 heterocycles. The number of nitrogens with zero attached hydrogens (tertiary/aromatic N) is 4. The van der Waals surface area contributed by atoms with Gasteiger partial charge < -0.3 is 19.6 Å². The van der Waals surface area contributed by atoms with E-state index >= 15 is 0 Å². The zero-order valence-electron chi connectivity index (χ0n) is 55.1. The summed E-state index contributed by atoms with van der Waals surface area (Å²) in [4.78, 5) is 10.6. The Morgan fingerprint density at radius 2 is 0.843 bits per heavy atom. The van der Waals surface area contributed by atoms with E-state index in [1.807, 2.05) is 0 Å². The smallest absolute Gasteiger partial charge is 0.252 e. The molecule has 0 amide bonds. The molecule has 0 saturated heterocycles. The first-order valence-electron chi connectivity index (χ1n) is 32.7. The number of anilines is 11. The van der Waals surface area contributed by atoms with Gasteiger partial charge in [-0.2, -0.15) is 0 Å².